The number of hydrogen-bond acceptors (Lipinski definition) is 3. The Hall–Kier alpha value is -2.33. The molecule has 0 aromatic heterocycles. The number of aliphatic carboxylic acids is 1. The van der Waals surface area contributed by atoms with Crippen molar-refractivity contribution in [2.24, 2.45) is 11.8 Å². The van der Waals surface area contributed by atoms with E-state index in [1.807, 2.05) is 43.3 Å². The maximum atomic E-state index is 11.6. The first-order valence-corrected chi connectivity index (χ1v) is 8.71. The third-order valence-electron chi connectivity index (χ3n) is 5.24. The quantitative estimate of drug-likeness (QED) is 0.873. The first-order chi connectivity index (χ1) is 12.1. The van der Waals surface area contributed by atoms with Crippen LogP contribution in [0.3, 0.4) is 0 Å². The Morgan fingerprint density at radius 2 is 1.96 bits per heavy atom. The van der Waals surface area contributed by atoms with Gasteiger partial charge in [-0.1, -0.05) is 49.4 Å². The molecule has 4 heteroatoms. The third kappa shape index (κ3) is 4.02. The van der Waals surface area contributed by atoms with E-state index in [2.05, 4.69) is 23.1 Å². The van der Waals surface area contributed by atoms with E-state index in [-0.39, 0.29) is 17.8 Å². The average molecular weight is 339 g/mol. The topological polar surface area (TPSA) is 49.8 Å². The van der Waals surface area contributed by atoms with E-state index < -0.39 is 5.97 Å². The second-order valence-corrected chi connectivity index (χ2v) is 6.85. The summed E-state index contributed by atoms with van der Waals surface area (Å²) in [4.78, 5) is 14.0. The predicted octanol–water partition coefficient (Wildman–Crippen LogP) is 3.63. The van der Waals surface area contributed by atoms with Crippen LogP contribution in [0.15, 0.2) is 54.6 Å². The second kappa shape index (κ2) is 7.70. The fourth-order valence-electron chi connectivity index (χ4n) is 3.80. The highest BCUT2D eigenvalue weighted by atomic mass is 16.5. The van der Waals surface area contributed by atoms with Gasteiger partial charge in [-0.05, 0) is 29.2 Å². The molecule has 2 aromatic rings. The fourth-order valence-corrected chi connectivity index (χ4v) is 3.80. The minimum atomic E-state index is -0.723. The van der Waals surface area contributed by atoms with Crippen LogP contribution in [0.4, 0.5) is 0 Å². The molecule has 0 spiro atoms. The molecule has 0 aliphatic carbocycles. The number of methoxy groups -OCH3 is 1. The Bertz CT molecular complexity index is 716. The molecule has 0 amide bonds. The van der Waals surface area contributed by atoms with Gasteiger partial charge in [0.2, 0.25) is 0 Å². The van der Waals surface area contributed by atoms with E-state index in [4.69, 9.17) is 4.74 Å². The Labute approximate surface area is 149 Å². The van der Waals surface area contributed by atoms with E-state index in [9.17, 15) is 9.90 Å². The number of carboxylic acids is 1. The Morgan fingerprint density at radius 1 is 1.20 bits per heavy atom. The van der Waals surface area contributed by atoms with Crippen LogP contribution < -0.4 is 4.74 Å². The van der Waals surface area contributed by atoms with Crippen LogP contribution in [0, 0.1) is 11.8 Å². The molecule has 0 radical (unpaired) electrons. The van der Waals surface area contributed by atoms with Gasteiger partial charge in [-0.3, -0.25) is 9.69 Å². The van der Waals surface area contributed by atoms with E-state index in [0.717, 1.165) is 30.9 Å². The molecule has 25 heavy (non-hydrogen) atoms. The van der Waals surface area contributed by atoms with Crippen LogP contribution in [0.5, 0.6) is 5.75 Å². The lowest BCUT2D eigenvalue weighted by molar-refractivity contribution is -0.143. The summed E-state index contributed by atoms with van der Waals surface area (Å²) in [5.41, 5.74) is 2.42. The van der Waals surface area contributed by atoms with Gasteiger partial charge in [-0.25, -0.2) is 0 Å². The molecular weight excluding hydrogens is 314 g/mol. The van der Waals surface area contributed by atoms with E-state index >= 15 is 0 Å². The van der Waals surface area contributed by atoms with Crippen molar-refractivity contribution in [2.45, 2.75) is 19.4 Å². The molecule has 3 atom stereocenters. The molecule has 1 fully saturated rings. The van der Waals surface area contributed by atoms with Crippen molar-refractivity contribution < 1.29 is 14.6 Å². The summed E-state index contributed by atoms with van der Waals surface area (Å²) in [7, 11) is 1.66. The first kappa shape index (κ1) is 17.5. The van der Waals surface area contributed by atoms with Crippen molar-refractivity contribution >= 4 is 5.97 Å². The van der Waals surface area contributed by atoms with Crippen LogP contribution >= 0.6 is 0 Å². The van der Waals surface area contributed by atoms with Gasteiger partial charge in [0, 0.05) is 25.6 Å². The van der Waals surface area contributed by atoms with Gasteiger partial charge in [0.15, 0.2) is 0 Å². The van der Waals surface area contributed by atoms with Crippen LogP contribution in [0.2, 0.25) is 0 Å². The summed E-state index contributed by atoms with van der Waals surface area (Å²) < 4.78 is 5.35. The van der Waals surface area contributed by atoms with E-state index in [1.54, 1.807) is 7.11 Å². The average Bonchev–Trinajstić information content (AvgIpc) is 3.05. The molecule has 2 unspecified atom stereocenters. The zero-order valence-electron chi connectivity index (χ0n) is 14.8. The number of benzene rings is 2. The van der Waals surface area contributed by atoms with E-state index in [0.29, 0.717) is 0 Å². The summed E-state index contributed by atoms with van der Waals surface area (Å²) in [5, 5.41) is 9.54. The first-order valence-electron chi connectivity index (χ1n) is 8.71. The maximum Gasteiger partial charge on any atom is 0.306 e. The Kier molecular flexibility index (Phi) is 5.39. The molecular formula is C21H25NO3. The normalized spacial score (nSPS) is 21.8. The summed E-state index contributed by atoms with van der Waals surface area (Å²) >= 11 is 0. The lowest BCUT2D eigenvalue weighted by atomic mass is 9.81. The van der Waals surface area contributed by atoms with Gasteiger partial charge < -0.3 is 9.84 Å². The number of nitrogens with zero attached hydrogens (tertiary/aromatic N) is 1. The van der Waals surface area contributed by atoms with Crippen molar-refractivity contribution in [3.8, 4) is 5.75 Å². The molecule has 1 N–H and O–H groups in total. The van der Waals surface area contributed by atoms with Crippen LogP contribution in [0.1, 0.15) is 24.0 Å². The Balaban J connectivity index is 1.83. The zero-order chi connectivity index (χ0) is 17.8. The van der Waals surface area contributed by atoms with E-state index in [1.165, 1.54) is 5.56 Å². The maximum absolute atomic E-state index is 11.6. The molecule has 0 saturated carbocycles. The van der Waals surface area contributed by atoms with Crippen molar-refractivity contribution in [1.29, 1.82) is 0 Å². The van der Waals surface area contributed by atoms with Crippen molar-refractivity contribution in [1.82, 2.24) is 4.90 Å². The molecule has 0 bridgehead atoms. The van der Waals surface area contributed by atoms with Gasteiger partial charge >= 0.3 is 5.97 Å². The highest BCUT2D eigenvalue weighted by Crippen LogP contribution is 2.39. The molecule has 132 valence electrons. The number of carboxylic acid groups (broad SMARTS) is 1. The number of rotatable bonds is 6. The number of ether oxygens (including phenoxy) is 1. The van der Waals surface area contributed by atoms with Gasteiger partial charge in [0.1, 0.15) is 5.75 Å². The highest BCUT2D eigenvalue weighted by Gasteiger charge is 2.39. The number of carbonyl (C=O) groups is 1. The molecule has 2 aromatic carbocycles. The minimum Gasteiger partial charge on any atom is -0.497 e. The fraction of sp³-hybridized carbons (Fsp3) is 0.381. The molecule has 1 heterocycles. The summed E-state index contributed by atoms with van der Waals surface area (Å²) in [6.45, 7) is 4.34. The predicted molar refractivity (Wildman–Crippen MR) is 97.7 cm³/mol. The van der Waals surface area contributed by atoms with Crippen molar-refractivity contribution in [3.05, 3.63) is 65.7 Å². The lowest BCUT2D eigenvalue weighted by Gasteiger charge is -2.22. The van der Waals surface area contributed by atoms with Crippen LogP contribution in [-0.4, -0.2) is 36.2 Å². The van der Waals surface area contributed by atoms with Crippen molar-refractivity contribution in [2.75, 3.05) is 20.2 Å². The molecule has 1 aliphatic rings. The van der Waals surface area contributed by atoms with Crippen LogP contribution in [0.25, 0.3) is 0 Å². The van der Waals surface area contributed by atoms with Gasteiger partial charge in [-0.2, -0.15) is 0 Å². The second-order valence-electron chi connectivity index (χ2n) is 6.85. The van der Waals surface area contributed by atoms with Crippen molar-refractivity contribution in [3.63, 3.8) is 0 Å². The van der Waals surface area contributed by atoms with Gasteiger partial charge in [0.05, 0.1) is 13.0 Å². The minimum absolute atomic E-state index is 0.0910. The largest absolute Gasteiger partial charge is 0.497 e. The van der Waals surface area contributed by atoms with Crippen LogP contribution in [-0.2, 0) is 11.3 Å². The lowest BCUT2D eigenvalue weighted by Crippen LogP contribution is -2.26. The molecule has 1 aliphatic heterocycles. The standard InChI is InChI=1S/C21H25NO3/c1-15(21(23)24)19-13-22(12-16-7-4-3-5-8-16)14-20(19)17-9-6-10-18(11-17)25-2/h3-11,15,19-20H,12-14H2,1-2H3,(H,23,24)/t15-,19?,20?/m0/s1. The summed E-state index contributed by atoms with van der Waals surface area (Å²) in [6, 6.07) is 18.4. The number of likely N-dealkylation sites (tertiary alicyclic amines) is 1. The molecule has 4 nitrogen and oxygen atoms in total. The SMILES string of the molecule is COc1cccc(C2CN(Cc3ccccc3)CC2[C@H](C)C(=O)O)c1. The van der Waals surface area contributed by atoms with Gasteiger partial charge in [-0.15, -0.1) is 0 Å². The molecule has 3 rings (SSSR count). The highest BCUT2D eigenvalue weighted by molar-refractivity contribution is 5.70. The monoisotopic (exact) mass is 339 g/mol. The summed E-state index contributed by atoms with van der Waals surface area (Å²) in [5.74, 6) is 0.00963. The number of hydrogen-bond donors (Lipinski definition) is 1. The Morgan fingerprint density at radius 3 is 2.64 bits per heavy atom. The smallest absolute Gasteiger partial charge is 0.306 e. The molecule has 1 saturated heterocycles. The summed E-state index contributed by atoms with van der Waals surface area (Å²) in [6.07, 6.45) is 0. The van der Waals surface area contributed by atoms with Gasteiger partial charge in [0.25, 0.3) is 0 Å². The zero-order valence-corrected chi connectivity index (χ0v) is 14.8. The third-order valence-corrected chi connectivity index (χ3v) is 5.24.